The highest BCUT2D eigenvalue weighted by Gasteiger charge is 2.30. The van der Waals surface area contributed by atoms with Crippen LogP contribution in [0.4, 0.5) is 13.2 Å². The van der Waals surface area contributed by atoms with Crippen molar-refractivity contribution >= 4 is 5.91 Å². The summed E-state index contributed by atoms with van der Waals surface area (Å²) < 4.78 is 48.2. The van der Waals surface area contributed by atoms with Crippen molar-refractivity contribution in [3.63, 3.8) is 0 Å². The molecule has 0 saturated carbocycles. The Bertz CT molecular complexity index is 751. The summed E-state index contributed by atoms with van der Waals surface area (Å²) in [5, 5.41) is 2.80. The normalized spacial score (nSPS) is 12.4. The summed E-state index contributed by atoms with van der Waals surface area (Å²) in [5.74, 6) is 1.09. The lowest BCUT2D eigenvalue weighted by molar-refractivity contribution is -0.137. The minimum atomic E-state index is -4.37. The number of benzene rings is 2. The van der Waals surface area contributed by atoms with Crippen LogP contribution in [0.15, 0.2) is 42.5 Å². The number of methoxy groups -OCH3 is 2. The minimum Gasteiger partial charge on any atom is -0.497 e. The van der Waals surface area contributed by atoms with E-state index in [1.807, 2.05) is 12.1 Å². The molecule has 4 nitrogen and oxygen atoms in total. The van der Waals surface area contributed by atoms with Crippen LogP contribution in [-0.2, 0) is 17.4 Å². The fraction of sp³-hybridized carbons (Fsp3) is 0.350. The third kappa shape index (κ3) is 5.91. The molecule has 0 saturated heterocycles. The molecule has 2 rings (SSSR count). The molecular weight excluding hydrogens is 359 g/mol. The molecule has 1 amide bonds. The predicted molar refractivity (Wildman–Crippen MR) is 95.9 cm³/mol. The zero-order chi connectivity index (χ0) is 20.0. The van der Waals surface area contributed by atoms with Crippen LogP contribution in [0.5, 0.6) is 11.5 Å². The zero-order valence-corrected chi connectivity index (χ0v) is 15.4. The predicted octanol–water partition coefficient (Wildman–Crippen LogP) is 4.53. The fourth-order valence-corrected chi connectivity index (χ4v) is 2.63. The monoisotopic (exact) mass is 381 g/mol. The lowest BCUT2D eigenvalue weighted by Gasteiger charge is -2.16. The molecule has 0 aromatic heterocycles. The number of ether oxygens (including phenoxy) is 2. The van der Waals surface area contributed by atoms with Gasteiger partial charge in [0, 0.05) is 12.5 Å². The summed E-state index contributed by atoms with van der Waals surface area (Å²) in [4.78, 5) is 12.2. The molecule has 7 heteroatoms. The van der Waals surface area contributed by atoms with E-state index >= 15 is 0 Å². The quantitative estimate of drug-likeness (QED) is 0.766. The van der Waals surface area contributed by atoms with Gasteiger partial charge in [-0.05, 0) is 48.7 Å². The zero-order valence-electron chi connectivity index (χ0n) is 15.4. The van der Waals surface area contributed by atoms with Crippen LogP contribution in [0.3, 0.4) is 0 Å². The summed E-state index contributed by atoms with van der Waals surface area (Å²) in [5.41, 5.74) is 0.791. The molecule has 0 spiro atoms. The summed E-state index contributed by atoms with van der Waals surface area (Å²) in [6.45, 7) is 1.73. The molecule has 0 aliphatic heterocycles. The molecule has 1 atom stereocenters. The van der Waals surface area contributed by atoms with Crippen molar-refractivity contribution in [1.82, 2.24) is 5.32 Å². The van der Waals surface area contributed by atoms with Crippen molar-refractivity contribution in [3.05, 3.63) is 59.2 Å². The van der Waals surface area contributed by atoms with Crippen molar-refractivity contribution in [2.45, 2.75) is 32.0 Å². The Morgan fingerprint density at radius 1 is 1.04 bits per heavy atom. The summed E-state index contributed by atoms with van der Waals surface area (Å²) in [6, 6.07) is 9.79. The van der Waals surface area contributed by atoms with E-state index in [0.29, 0.717) is 23.5 Å². The second-order valence-electron chi connectivity index (χ2n) is 6.13. The Morgan fingerprint density at radius 3 is 2.07 bits per heavy atom. The van der Waals surface area contributed by atoms with Crippen LogP contribution in [0.25, 0.3) is 0 Å². The number of carbonyl (C=O) groups excluding carboxylic acids is 1. The average molecular weight is 381 g/mol. The van der Waals surface area contributed by atoms with Gasteiger partial charge in [-0.1, -0.05) is 12.1 Å². The number of amides is 1. The third-order valence-electron chi connectivity index (χ3n) is 4.17. The van der Waals surface area contributed by atoms with Crippen LogP contribution in [0.1, 0.15) is 36.1 Å². The fourth-order valence-electron chi connectivity index (χ4n) is 2.63. The number of aryl methyl sites for hydroxylation is 1. The molecule has 2 aromatic carbocycles. The van der Waals surface area contributed by atoms with E-state index in [9.17, 15) is 18.0 Å². The number of halogens is 3. The first-order chi connectivity index (χ1) is 12.7. The van der Waals surface area contributed by atoms with Gasteiger partial charge in [-0.3, -0.25) is 4.79 Å². The summed E-state index contributed by atoms with van der Waals surface area (Å²) in [7, 11) is 3.11. The van der Waals surface area contributed by atoms with Gasteiger partial charge < -0.3 is 14.8 Å². The van der Waals surface area contributed by atoms with E-state index in [-0.39, 0.29) is 18.4 Å². The SMILES string of the molecule is COc1cc(CCC(=O)NC(C)c2ccc(C(F)(F)F)cc2)cc(OC)c1. The first-order valence-corrected chi connectivity index (χ1v) is 8.41. The minimum absolute atomic E-state index is 0.191. The third-order valence-corrected chi connectivity index (χ3v) is 4.17. The van der Waals surface area contributed by atoms with Crippen LogP contribution < -0.4 is 14.8 Å². The average Bonchev–Trinajstić information content (AvgIpc) is 2.65. The van der Waals surface area contributed by atoms with Crippen molar-refractivity contribution < 1.29 is 27.4 Å². The van der Waals surface area contributed by atoms with Crippen LogP contribution in [0.2, 0.25) is 0 Å². The molecule has 1 unspecified atom stereocenters. The summed E-state index contributed by atoms with van der Waals surface area (Å²) in [6.07, 6.45) is -3.65. The van der Waals surface area contributed by atoms with Gasteiger partial charge in [0.15, 0.2) is 0 Å². The molecule has 27 heavy (non-hydrogen) atoms. The Hall–Kier alpha value is -2.70. The van der Waals surface area contributed by atoms with Gasteiger partial charge in [0.2, 0.25) is 5.91 Å². The maximum Gasteiger partial charge on any atom is 0.416 e. The lowest BCUT2D eigenvalue weighted by Crippen LogP contribution is -2.26. The highest BCUT2D eigenvalue weighted by atomic mass is 19.4. The molecule has 0 heterocycles. The Labute approximate surface area is 156 Å². The Kier molecular flexibility index (Phi) is 6.71. The number of rotatable bonds is 7. The van der Waals surface area contributed by atoms with E-state index in [2.05, 4.69) is 5.32 Å². The number of nitrogens with one attached hydrogen (secondary N) is 1. The van der Waals surface area contributed by atoms with Crippen LogP contribution >= 0.6 is 0 Å². The largest absolute Gasteiger partial charge is 0.497 e. The molecule has 0 fully saturated rings. The van der Waals surface area contributed by atoms with Gasteiger partial charge >= 0.3 is 6.18 Å². The number of carbonyl (C=O) groups is 1. The first kappa shape index (κ1) is 20.6. The van der Waals surface area contributed by atoms with Gasteiger partial charge in [0.25, 0.3) is 0 Å². The van der Waals surface area contributed by atoms with Gasteiger partial charge in [0.05, 0.1) is 25.8 Å². The van der Waals surface area contributed by atoms with Gasteiger partial charge in [-0.2, -0.15) is 13.2 Å². The van der Waals surface area contributed by atoms with Crippen molar-refractivity contribution in [1.29, 1.82) is 0 Å². The number of hydrogen-bond acceptors (Lipinski definition) is 3. The molecule has 146 valence electrons. The van der Waals surface area contributed by atoms with E-state index in [0.717, 1.165) is 17.7 Å². The van der Waals surface area contributed by atoms with Crippen LogP contribution in [0, 0.1) is 0 Å². The van der Waals surface area contributed by atoms with Crippen molar-refractivity contribution in [3.8, 4) is 11.5 Å². The highest BCUT2D eigenvalue weighted by molar-refractivity contribution is 5.76. The highest BCUT2D eigenvalue weighted by Crippen LogP contribution is 2.30. The first-order valence-electron chi connectivity index (χ1n) is 8.41. The molecule has 0 aliphatic carbocycles. The standard InChI is InChI=1S/C20H22F3NO3/c1-13(15-5-7-16(8-6-15)20(21,22)23)24-19(25)9-4-14-10-17(26-2)12-18(11-14)27-3/h5-8,10-13H,4,9H2,1-3H3,(H,24,25). The van der Waals surface area contributed by atoms with Crippen molar-refractivity contribution in [2.24, 2.45) is 0 Å². The van der Waals surface area contributed by atoms with E-state index in [1.165, 1.54) is 12.1 Å². The molecule has 2 aromatic rings. The summed E-state index contributed by atoms with van der Waals surface area (Å²) >= 11 is 0. The van der Waals surface area contributed by atoms with E-state index in [4.69, 9.17) is 9.47 Å². The number of alkyl halides is 3. The molecule has 0 bridgehead atoms. The smallest absolute Gasteiger partial charge is 0.416 e. The van der Waals surface area contributed by atoms with E-state index in [1.54, 1.807) is 27.2 Å². The molecule has 0 aliphatic rings. The molecular formula is C20H22F3NO3. The van der Waals surface area contributed by atoms with E-state index < -0.39 is 11.7 Å². The van der Waals surface area contributed by atoms with Crippen molar-refractivity contribution in [2.75, 3.05) is 14.2 Å². The maximum absolute atomic E-state index is 12.6. The topological polar surface area (TPSA) is 47.6 Å². The number of hydrogen-bond donors (Lipinski definition) is 1. The van der Waals surface area contributed by atoms with Gasteiger partial charge in [-0.15, -0.1) is 0 Å². The Morgan fingerprint density at radius 2 is 1.59 bits per heavy atom. The van der Waals surface area contributed by atoms with Gasteiger partial charge in [-0.25, -0.2) is 0 Å². The molecule has 0 radical (unpaired) electrons. The van der Waals surface area contributed by atoms with Crippen LogP contribution in [-0.4, -0.2) is 20.1 Å². The second-order valence-corrected chi connectivity index (χ2v) is 6.13. The van der Waals surface area contributed by atoms with Gasteiger partial charge in [0.1, 0.15) is 11.5 Å². The maximum atomic E-state index is 12.6. The Balaban J connectivity index is 1.93. The lowest BCUT2D eigenvalue weighted by atomic mass is 10.0. The second kappa shape index (κ2) is 8.79. The molecule has 1 N–H and O–H groups in total.